The molecule has 1 aromatic rings. The molecular formula is C13H19N3O2. The second-order valence-electron chi connectivity index (χ2n) is 4.96. The number of rotatable bonds is 2. The van der Waals surface area contributed by atoms with Crippen LogP contribution >= 0.6 is 0 Å². The van der Waals surface area contributed by atoms with Gasteiger partial charge in [-0.3, -0.25) is 4.90 Å². The third-order valence-corrected chi connectivity index (χ3v) is 3.83. The van der Waals surface area contributed by atoms with Gasteiger partial charge in [-0.05, 0) is 18.2 Å². The van der Waals surface area contributed by atoms with Gasteiger partial charge in [-0.15, -0.1) is 0 Å². The van der Waals surface area contributed by atoms with Gasteiger partial charge in [-0.25, -0.2) is 0 Å². The predicted octanol–water partition coefficient (Wildman–Crippen LogP) is 0.495. The third-order valence-electron chi connectivity index (χ3n) is 3.83. The van der Waals surface area contributed by atoms with Gasteiger partial charge in [-0.2, -0.15) is 0 Å². The number of aromatic hydroxyl groups is 1. The van der Waals surface area contributed by atoms with Crippen molar-refractivity contribution >= 4 is 11.4 Å². The van der Waals surface area contributed by atoms with Crippen LogP contribution < -0.4 is 10.6 Å². The van der Waals surface area contributed by atoms with Crippen LogP contribution in [-0.2, 0) is 4.74 Å². The number of piperazine rings is 1. The molecule has 0 radical (unpaired) electrons. The maximum absolute atomic E-state index is 9.43. The monoisotopic (exact) mass is 249 g/mol. The molecule has 5 nitrogen and oxygen atoms in total. The fourth-order valence-electron chi connectivity index (χ4n) is 2.52. The number of ether oxygens (including phenoxy) is 1. The van der Waals surface area contributed by atoms with E-state index in [2.05, 4.69) is 9.80 Å². The van der Waals surface area contributed by atoms with Crippen LogP contribution in [0.15, 0.2) is 18.2 Å². The molecule has 0 aliphatic carbocycles. The molecule has 0 aromatic heterocycles. The second-order valence-corrected chi connectivity index (χ2v) is 4.96. The Morgan fingerprint density at radius 1 is 1.17 bits per heavy atom. The number of hydrogen-bond acceptors (Lipinski definition) is 5. The van der Waals surface area contributed by atoms with Crippen LogP contribution in [0.3, 0.4) is 0 Å². The van der Waals surface area contributed by atoms with E-state index in [0.29, 0.717) is 11.7 Å². The summed E-state index contributed by atoms with van der Waals surface area (Å²) in [5.74, 6) is 0.156. The Bertz CT molecular complexity index is 426. The Labute approximate surface area is 107 Å². The van der Waals surface area contributed by atoms with Gasteiger partial charge < -0.3 is 20.5 Å². The average Bonchev–Trinajstić information content (AvgIpc) is 2.32. The van der Waals surface area contributed by atoms with Crippen LogP contribution in [-0.4, -0.2) is 55.4 Å². The third kappa shape index (κ3) is 2.11. The van der Waals surface area contributed by atoms with E-state index in [1.807, 2.05) is 12.1 Å². The highest BCUT2D eigenvalue weighted by atomic mass is 16.5. The minimum absolute atomic E-state index is 0.156. The van der Waals surface area contributed by atoms with Gasteiger partial charge in [0.15, 0.2) is 0 Å². The molecule has 0 atom stereocenters. The number of hydrogen-bond donors (Lipinski definition) is 2. The largest absolute Gasteiger partial charge is 0.506 e. The smallest absolute Gasteiger partial charge is 0.138 e. The molecule has 3 rings (SSSR count). The zero-order chi connectivity index (χ0) is 12.5. The van der Waals surface area contributed by atoms with E-state index < -0.39 is 0 Å². The van der Waals surface area contributed by atoms with Crippen molar-refractivity contribution in [3.8, 4) is 5.75 Å². The zero-order valence-electron chi connectivity index (χ0n) is 10.4. The maximum Gasteiger partial charge on any atom is 0.138 e. The van der Waals surface area contributed by atoms with Crippen molar-refractivity contribution < 1.29 is 9.84 Å². The van der Waals surface area contributed by atoms with Crippen molar-refractivity contribution in [2.45, 2.75) is 6.04 Å². The van der Waals surface area contributed by atoms with Crippen molar-refractivity contribution in [2.75, 3.05) is 50.0 Å². The molecule has 98 valence electrons. The molecule has 3 N–H and O–H groups in total. The quantitative estimate of drug-likeness (QED) is 0.590. The van der Waals surface area contributed by atoms with E-state index in [0.717, 1.165) is 45.1 Å². The van der Waals surface area contributed by atoms with Crippen LogP contribution in [0.1, 0.15) is 0 Å². The Morgan fingerprint density at radius 3 is 2.44 bits per heavy atom. The predicted molar refractivity (Wildman–Crippen MR) is 70.9 cm³/mol. The van der Waals surface area contributed by atoms with Crippen LogP contribution in [0.4, 0.5) is 11.4 Å². The summed E-state index contributed by atoms with van der Waals surface area (Å²) in [5, 5.41) is 9.43. The first-order valence-corrected chi connectivity index (χ1v) is 6.39. The first-order valence-electron chi connectivity index (χ1n) is 6.39. The highest BCUT2D eigenvalue weighted by Crippen LogP contribution is 2.27. The molecule has 18 heavy (non-hydrogen) atoms. The molecule has 2 heterocycles. The Kier molecular flexibility index (Phi) is 3.01. The van der Waals surface area contributed by atoms with Crippen molar-refractivity contribution in [1.82, 2.24) is 4.90 Å². The molecular weight excluding hydrogens is 230 g/mol. The zero-order valence-corrected chi connectivity index (χ0v) is 10.4. The van der Waals surface area contributed by atoms with Gasteiger partial charge in [0.2, 0.25) is 0 Å². The molecule has 2 saturated heterocycles. The molecule has 0 spiro atoms. The summed E-state index contributed by atoms with van der Waals surface area (Å²) in [7, 11) is 0. The number of nitrogens with two attached hydrogens (primary N) is 1. The molecule has 0 unspecified atom stereocenters. The minimum Gasteiger partial charge on any atom is -0.506 e. The lowest BCUT2D eigenvalue weighted by Gasteiger charge is -2.43. The summed E-state index contributed by atoms with van der Waals surface area (Å²) in [6.45, 7) is 5.89. The first kappa shape index (κ1) is 11.6. The fraction of sp³-hybridized carbons (Fsp3) is 0.538. The minimum atomic E-state index is 0.156. The highest BCUT2D eigenvalue weighted by Gasteiger charge is 2.28. The average molecular weight is 249 g/mol. The summed E-state index contributed by atoms with van der Waals surface area (Å²) < 4.78 is 5.23. The number of nitrogens with zero attached hydrogens (tertiary/aromatic N) is 2. The number of phenols is 1. The summed E-state index contributed by atoms with van der Waals surface area (Å²) in [4.78, 5) is 4.80. The molecule has 5 heteroatoms. The highest BCUT2D eigenvalue weighted by molar-refractivity contribution is 5.62. The second kappa shape index (κ2) is 4.66. The lowest BCUT2D eigenvalue weighted by Crippen LogP contribution is -2.56. The van der Waals surface area contributed by atoms with Gasteiger partial charge in [0.25, 0.3) is 0 Å². The summed E-state index contributed by atoms with van der Waals surface area (Å²) in [6, 6.07) is 6.05. The molecule has 0 saturated carbocycles. The van der Waals surface area contributed by atoms with Gasteiger partial charge >= 0.3 is 0 Å². The normalized spacial score (nSPS) is 21.9. The van der Waals surface area contributed by atoms with Gasteiger partial charge in [0, 0.05) is 31.9 Å². The van der Waals surface area contributed by atoms with E-state index >= 15 is 0 Å². The van der Waals surface area contributed by atoms with Gasteiger partial charge in [-0.1, -0.05) is 0 Å². The lowest BCUT2D eigenvalue weighted by molar-refractivity contribution is -0.0660. The Hall–Kier alpha value is -1.46. The number of phenolic OH excluding ortho intramolecular Hbond substituents is 1. The van der Waals surface area contributed by atoms with E-state index in [4.69, 9.17) is 10.5 Å². The summed E-state index contributed by atoms with van der Waals surface area (Å²) in [6.07, 6.45) is 0. The molecule has 2 aliphatic heterocycles. The summed E-state index contributed by atoms with van der Waals surface area (Å²) in [5.41, 5.74) is 7.27. The molecule has 2 aliphatic rings. The van der Waals surface area contributed by atoms with Crippen molar-refractivity contribution in [2.24, 2.45) is 0 Å². The maximum atomic E-state index is 9.43. The molecule has 0 bridgehead atoms. The fourth-order valence-corrected chi connectivity index (χ4v) is 2.52. The van der Waals surface area contributed by atoms with E-state index in [-0.39, 0.29) is 5.75 Å². The molecule has 2 fully saturated rings. The number of anilines is 2. The first-order chi connectivity index (χ1) is 8.74. The lowest BCUT2D eigenvalue weighted by atomic mass is 10.1. The Balaban J connectivity index is 1.62. The number of nitrogen functional groups attached to an aromatic ring is 1. The van der Waals surface area contributed by atoms with E-state index in [9.17, 15) is 5.11 Å². The van der Waals surface area contributed by atoms with Crippen LogP contribution in [0.25, 0.3) is 0 Å². The van der Waals surface area contributed by atoms with Crippen LogP contribution in [0.5, 0.6) is 5.75 Å². The van der Waals surface area contributed by atoms with Crippen molar-refractivity contribution in [3.05, 3.63) is 18.2 Å². The molecule has 1 aromatic carbocycles. The van der Waals surface area contributed by atoms with Crippen LogP contribution in [0, 0.1) is 0 Å². The van der Waals surface area contributed by atoms with Gasteiger partial charge in [0.05, 0.1) is 24.9 Å². The standard InChI is InChI=1S/C13H19N3O2/c14-12-7-10(1-2-13(12)17)15-3-5-16(6-4-15)11-8-18-9-11/h1-2,7,11,17H,3-6,8-9,14H2. The van der Waals surface area contributed by atoms with Gasteiger partial charge in [0.1, 0.15) is 5.75 Å². The van der Waals surface area contributed by atoms with E-state index in [1.54, 1.807) is 6.07 Å². The number of benzene rings is 1. The summed E-state index contributed by atoms with van der Waals surface area (Å²) >= 11 is 0. The SMILES string of the molecule is Nc1cc(N2CCN(C3COC3)CC2)ccc1O. The van der Waals surface area contributed by atoms with Crippen molar-refractivity contribution in [3.63, 3.8) is 0 Å². The van der Waals surface area contributed by atoms with E-state index in [1.165, 1.54) is 0 Å². The van der Waals surface area contributed by atoms with Crippen LogP contribution in [0.2, 0.25) is 0 Å². The Morgan fingerprint density at radius 2 is 1.89 bits per heavy atom. The van der Waals surface area contributed by atoms with Crippen molar-refractivity contribution in [1.29, 1.82) is 0 Å². The molecule has 0 amide bonds. The topological polar surface area (TPSA) is 62.0 Å².